The number of fused-ring (bicyclic) bond motifs is 1. The van der Waals surface area contributed by atoms with Crippen molar-refractivity contribution >= 4 is 40.2 Å². The van der Waals surface area contributed by atoms with Crippen molar-refractivity contribution in [1.29, 1.82) is 0 Å². The summed E-state index contributed by atoms with van der Waals surface area (Å²) >= 11 is 7.67. The van der Waals surface area contributed by atoms with Crippen LogP contribution in [0.1, 0.15) is 29.1 Å². The van der Waals surface area contributed by atoms with Crippen LogP contribution in [0.4, 0.5) is 0 Å². The van der Waals surface area contributed by atoms with Crippen molar-refractivity contribution in [2.45, 2.75) is 18.2 Å². The lowest BCUT2D eigenvalue weighted by atomic mass is 10.2. The molecular formula is C17H14ClN3O2S. The van der Waals surface area contributed by atoms with E-state index < -0.39 is 12.1 Å². The molecule has 3 aromatic rings. The molecule has 0 spiro atoms. The first kappa shape index (κ1) is 16.7. The number of esters is 1. The lowest BCUT2D eigenvalue weighted by Gasteiger charge is -2.14. The number of aromatic nitrogens is 3. The number of hydrogen-bond acceptors (Lipinski definition) is 6. The molecule has 2 aromatic heterocycles. The topological polar surface area (TPSA) is 65.0 Å². The number of hydrogen-bond donors (Lipinski definition) is 0. The van der Waals surface area contributed by atoms with E-state index in [1.165, 1.54) is 11.8 Å². The quantitative estimate of drug-likeness (QED) is 0.299. The Hall–Kier alpha value is -2.18. The van der Waals surface area contributed by atoms with Gasteiger partial charge >= 0.3 is 5.97 Å². The second-order valence-electron chi connectivity index (χ2n) is 5.05. The normalized spacial score (nSPS) is 12.1. The summed E-state index contributed by atoms with van der Waals surface area (Å²) in [6.45, 7) is 1.75. The molecule has 1 aromatic carbocycles. The Kier molecular flexibility index (Phi) is 4.97. The van der Waals surface area contributed by atoms with E-state index in [2.05, 4.69) is 15.0 Å². The van der Waals surface area contributed by atoms with Gasteiger partial charge in [-0.2, -0.15) is 0 Å². The molecule has 0 fully saturated rings. The molecule has 0 aliphatic heterocycles. The number of ether oxygens (including phenoxy) is 1. The average Bonchev–Trinajstić information content (AvgIpc) is 2.62. The summed E-state index contributed by atoms with van der Waals surface area (Å²) in [4.78, 5) is 25.0. The molecule has 1 atom stereocenters. The predicted molar refractivity (Wildman–Crippen MR) is 94.4 cm³/mol. The lowest BCUT2D eigenvalue weighted by molar-refractivity contribution is 0.0329. The van der Waals surface area contributed by atoms with Crippen LogP contribution in [0.5, 0.6) is 0 Å². The molecule has 3 rings (SSSR count). The Labute approximate surface area is 148 Å². The molecule has 5 nitrogen and oxygen atoms in total. The SMILES string of the molecule is CSc1ncc2cc(C(C)OC(=O)c3ccccc3)nc(Cl)c2n1. The van der Waals surface area contributed by atoms with Crippen LogP contribution in [0.25, 0.3) is 10.9 Å². The second-order valence-corrected chi connectivity index (χ2v) is 6.18. The Balaban J connectivity index is 1.87. The molecule has 0 saturated heterocycles. The molecule has 0 saturated carbocycles. The van der Waals surface area contributed by atoms with Crippen LogP contribution in [0.2, 0.25) is 5.15 Å². The molecule has 122 valence electrons. The fraction of sp³-hybridized carbons (Fsp3) is 0.176. The van der Waals surface area contributed by atoms with Crippen molar-refractivity contribution in [1.82, 2.24) is 15.0 Å². The zero-order valence-corrected chi connectivity index (χ0v) is 14.6. The summed E-state index contributed by atoms with van der Waals surface area (Å²) < 4.78 is 5.47. The number of halogens is 1. The van der Waals surface area contributed by atoms with E-state index in [9.17, 15) is 4.79 Å². The van der Waals surface area contributed by atoms with Crippen molar-refractivity contribution in [2.75, 3.05) is 6.26 Å². The molecule has 0 radical (unpaired) electrons. The van der Waals surface area contributed by atoms with Crippen molar-refractivity contribution < 1.29 is 9.53 Å². The summed E-state index contributed by atoms with van der Waals surface area (Å²) in [7, 11) is 0. The molecule has 2 heterocycles. The largest absolute Gasteiger partial charge is 0.453 e. The molecule has 0 bridgehead atoms. The van der Waals surface area contributed by atoms with Gasteiger partial charge < -0.3 is 4.74 Å². The van der Waals surface area contributed by atoms with Gasteiger partial charge in [-0.1, -0.05) is 41.6 Å². The van der Waals surface area contributed by atoms with Gasteiger partial charge in [0.25, 0.3) is 0 Å². The van der Waals surface area contributed by atoms with E-state index in [1.807, 2.05) is 12.3 Å². The molecular weight excluding hydrogens is 346 g/mol. The first-order valence-electron chi connectivity index (χ1n) is 7.21. The monoisotopic (exact) mass is 359 g/mol. The fourth-order valence-electron chi connectivity index (χ4n) is 2.17. The van der Waals surface area contributed by atoms with Crippen LogP contribution in [0, 0.1) is 0 Å². The highest BCUT2D eigenvalue weighted by molar-refractivity contribution is 7.98. The number of pyridine rings is 1. The van der Waals surface area contributed by atoms with Crippen molar-refractivity contribution in [3.63, 3.8) is 0 Å². The summed E-state index contributed by atoms with van der Waals surface area (Å²) in [5, 5.41) is 1.65. The summed E-state index contributed by atoms with van der Waals surface area (Å²) in [5.74, 6) is -0.407. The van der Waals surface area contributed by atoms with E-state index in [0.29, 0.717) is 21.9 Å². The number of rotatable bonds is 4. The lowest BCUT2D eigenvalue weighted by Crippen LogP contribution is -2.10. The van der Waals surface area contributed by atoms with E-state index in [1.54, 1.807) is 43.5 Å². The standard InChI is InChI=1S/C17H14ClN3O2S/c1-10(23-16(22)11-6-4-3-5-7-11)13-8-12-9-19-17(24-2)21-14(12)15(18)20-13/h3-10H,1-2H3. The number of carbonyl (C=O) groups is 1. The minimum absolute atomic E-state index is 0.266. The fourth-order valence-corrected chi connectivity index (χ4v) is 2.76. The zero-order valence-electron chi connectivity index (χ0n) is 13.1. The highest BCUT2D eigenvalue weighted by atomic mass is 35.5. The van der Waals surface area contributed by atoms with Crippen molar-refractivity contribution in [3.05, 3.63) is 59.0 Å². The summed E-state index contributed by atoms with van der Waals surface area (Å²) in [6.07, 6.45) is 3.04. The first-order valence-corrected chi connectivity index (χ1v) is 8.82. The second kappa shape index (κ2) is 7.15. The number of benzene rings is 1. The smallest absolute Gasteiger partial charge is 0.338 e. The minimum Gasteiger partial charge on any atom is -0.453 e. The van der Waals surface area contributed by atoms with E-state index in [-0.39, 0.29) is 5.15 Å². The Morgan fingerprint density at radius 1 is 1.25 bits per heavy atom. The summed E-state index contributed by atoms with van der Waals surface area (Å²) in [6, 6.07) is 10.6. The van der Waals surface area contributed by atoms with Gasteiger partial charge in [-0.25, -0.2) is 19.7 Å². The maximum absolute atomic E-state index is 12.2. The maximum atomic E-state index is 12.2. The first-order chi connectivity index (χ1) is 11.6. The van der Waals surface area contributed by atoms with Crippen LogP contribution in [-0.4, -0.2) is 27.2 Å². The Morgan fingerprint density at radius 3 is 2.71 bits per heavy atom. The van der Waals surface area contributed by atoms with Crippen LogP contribution in [0.15, 0.2) is 47.8 Å². The Bertz CT molecular complexity index is 890. The zero-order chi connectivity index (χ0) is 17.1. The van der Waals surface area contributed by atoms with E-state index >= 15 is 0 Å². The van der Waals surface area contributed by atoms with Crippen LogP contribution in [0.3, 0.4) is 0 Å². The van der Waals surface area contributed by atoms with Gasteiger partial charge in [0.1, 0.15) is 11.6 Å². The van der Waals surface area contributed by atoms with Crippen LogP contribution >= 0.6 is 23.4 Å². The third-order valence-corrected chi connectivity index (χ3v) is 4.24. The number of nitrogens with zero attached hydrogens (tertiary/aromatic N) is 3. The molecule has 0 amide bonds. The molecule has 24 heavy (non-hydrogen) atoms. The van der Waals surface area contributed by atoms with Gasteiger partial charge in [0, 0.05) is 11.6 Å². The molecule has 0 aliphatic rings. The van der Waals surface area contributed by atoms with Gasteiger partial charge in [0.15, 0.2) is 10.3 Å². The third-order valence-electron chi connectivity index (χ3n) is 3.41. The highest BCUT2D eigenvalue weighted by Gasteiger charge is 2.17. The average molecular weight is 360 g/mol. The van der Waals surface area contributed by atoms with E-state index in [0.717, 1.165) is 5.39 Å². The minimum atomic E-state index is -0.542. The number of thioether (sulfide) groups is 1. The van der Waals surface area contributed by atoms with Gasteiger partial charge in [0.2, 0.25) is 0 Å². The Morgan fingerprint density at radius 2 is 2.00 bits per heavy atom. The molecule has 0 N–H and O–H groups in total. The van der Waals surface area contributed by atoms with Crippen LogP contribution in [-0.2, 0) is 4.74 Å². The number of carbonyl (C=O) groups excluding carboxylic acids is 1. The van der Waals surface area contributed by atoms with Gasteiger partial charge in [-0.15, -0.1) is 0 Å². The molecule has 7 heteroatoms. The van der Waals surface area contributed by atoms with Gasteiger partial charge in [-0.05, 0) is 31.4 Å². The molecule has 1 unspecified atom stereocenters. The maximum Gasteiger partial charge on any atom is 0.338 e. The highest BCUT2D eigenvalue weighted by Crippen LogP contribution is 2.26. The third kappa shape index (κ3) is 3.49. The van der Waals surface area contributed by atoms with Crippen molar-refractivity contribution in [3.8, 4) is 0 Å². The predicted octanol–water partition coefficient (Wildman–Crippen LogP) is 4.32. The molecule has 0 aliphatic carbocycles. The van der Waals surface area contributed by atoms with Gasteiger partial charge in [0.05, 0.1) is 11.3 Å². The van der Waals surface area contributed by atoms with Crippen molar-refractivity contribution in [2.24, 2.45) is 0 Å². The summed E-state index contributed by atoms with van der Waals surface area (Å²) in [5.41, 5.74) is 1.63. The van der Waals surface area contributed by atoms with E-state index in [4.69, 9.17) is 16.3 Å². The van der Waals surface area contributed by atoms with Gasteiger partial charge in [-0.3, -0.25) is 0 Å². The van der Waals surface area contributed by atoms with Crippen LogP contribution < -0.4 is 0 Å².